The molecule has 5 aromatic rings. The molecule has 1 aromatic heterocycles. The van der Waals surface area contributed by atoms with Crippen molar-refractivity contribution in [2.75, 3.05) is 11.4 Å². The highest BCUT2D eigenvalue weighted by atomic mass is 32.2. The Bertz CT molecular complexity index is 1740. The number of anilines is 1. The van der Waals surface area contributed by atoms with Gasteiger partial charge in [-0.05, 0) is 48.9 Å². The number of aryl methyl sites for hydroxylation is 2. The number of para-hydroxylation sites is 1. The lowest BCUT2D eigenvalue weighted by molar-refractivity contribution is -0.642. The highest BCUT2D eigenvalue weighted by Crippen LogP contribution is 2.49. The van der Waals surface area contributed by atoms with Crippen molar-refractivity contribution in [3.05, 3.63) is 101 Å². The fourth-order valence-corrected chi connectivity index (χ4v) is 7.25. The van der Waals surface area contributed by atoms with Gasteiger partial charge in [-0.1, -0.05) is 83.3 Å². The number of hydrogen-bond acceptors (Lipinski definition) is 6. The van der Waals surface area contributed by atoms with E-state index in [2.05, 4.69) is 90.2 Å². The molecule has 0 N–H and O–H groups in total. The van der Waals surface area contributed by atoms with Crippen LogP contribution in [0.4, 0.5) is 5.69 Å². The van der Waals surface area contributed by atoms with Crippen molar-refractivity contribution in [1.29, 1.82) is 0 Å². The second-order valence-electron chi connectivity index (χ2n) is 8.70. The number of hydrogen-bond donors (Lipinski definition) is 0. The molecule has 0 atom stereocenters. The van der Waals surface area contributed by atoms with Gasteiger partial charge < -0.3 is 9.45 Å². The fraction of sp³-hybridized carbons (Fsp3) is 0.138. The Kier molecular flexibility index (Phi) is 7.09. The summed E-state index contributed by atoms with van der Waals surface area (Å²) in [6, 6.07) is 27.6. The molecule has 0 aliphatic carbocycles. The third-order valence-corrected chi connectivity index (χ3v) is 9.46. The van der Waals surface area contributed by atoms with E-state index in [0.29, 0.717) is 0 Å². The number of thioether (sulfide) groups is 1. The van der Waals surface area contributed by atoms with Gasteiger partial charge in [0.05, 0.1) is 21.7 Å². The Morgan fingerprint density at radius 3 is 2.35 bits per heavy atom. The molecule has 0 fully saturated rings. The third-order valence-electron chi connectivity index (χ3n) is 6.27. The molecule has 37 heavy (non-hydrogen) atoms. The average Bonchev–Trinajstić information content (AvgIpc) is 3.41. The summed E-state index contributed by atoms with van der Waals surface area (Å²) in [5, 5.41) is 5.24. The minimum atomic E-state index is -4.27. The zero-order chi connectivity index (χ0) is 26.2. The van der Waals surface area contributed by atoms with Crippen molar-refractivity contribution < 1.29 is 17.5 Å². The van der Waals surface area contributed by atoms with E-state index in [9.17, 15) is 13.0 Å². The maximum atomic E-state index is 10.4. The van der Waals surface area contributed by atoms with Crippen LogP contribution in [0.1, 0.15) is 17.5 Å². The van der Waals surface area contributed by atoms with Gasteiger partial charge in [-0.2, -0.15) is 4.57 Å². The van der Waals surface area contributed by atoms with Crippen LogP contribution >= 0.6 is 23.1 Å². The van der Waals surface area contributed by atoms with Gasteiger partial charge in [-0.3, -0.25) is 0 Å². The number of nitrogens with zero attached hydrogens (tertiary/aromatic N) is 2. The van der Waals surface area contributed by atoms with E-state index in [1.54, 1.807) is 12.1 Å². The number of rotatable bonds is 3. The molecule has 0 saturated heterocycles. The lowest BCUT2D eigenvalue weighted by Crippen LogP contribution is -2.29. The Hall–Kier alpha value is -3.17. The Morgan fingerprint density at radius 1 is 0.946 bits per heavy atom. The maximum absolute atomic E-state index is 10.4. The van der Waals surface area contributed by atoms with Gasteiger partial charge in [0, 0.05) is 17.5 Å². The summed E-state index contributed by atoms with van der Waals surface area (Å²) in [7, 11) is -2.11. The molecular formula is C29H26N2O3S3. The second-order valence-corrected chi connectivity index (χ2v) is 12.2. The molecule has 0 unspecified atom stereocenters. The SMILES string of the molecule is CCN1C(=Cc2sc3ccccc3[n+]2C)Sc2c1ccc1ccccc21.Cc1ccc(S(=O)(=O)[O-])cc1. The highest BCUT2D eigenvalue weighted by Gasteiger charge is 2.27. The van der Waals surface area contributed by atoms with Gasteiger partial charge in [-0.15, -0.1) is 0 Å². The van der Waals surface area contributed by atoms with Crippen molar-refractivity contribution in [3.8, 4) is 0 Å². The van der Waals surface area contributed by atoms with E-state index in [0.717, 1.165) is 12.1 Å². The van der Waals surface area contributed by atoms with Crippen LogP contribution in [0.15, 0.2) is 99.7 Å². The Morgan fingerprint density at radius 2 is 1.65 bits per heavy atom. The van der Waals surface area contributed by atoms with Crippen molar-refractivity contribution in [2.24, 2.45) is 7.05 Å². The summed E-state index contributed by atoms with van der Waals surface area (Å²) < 4.78 is 34.8. The molecule has 5 nitrogen and oxygen atoms in total. The Balaban J connectivity index is 0.000000215. The van der Waals surface area contributed by atoms with Crippen molar-refractivity contribution in [2.45, 2.75) is 23.6 Å². The number of benzene rings is 4. The van der Waals surface area contributed by atoms with Gasteiger partial charge in [0.1, 0.15) is 21.9 Å². The topological polar surface area (TPSA) is 64.3 Å². The first-order chi connectivity index (χ1) is 17.8. The summed E-state index contributed by atoms with van der Waals surface area (Å²) in [5.74, 6) is 0. The molecule has 1 aliphatic rings. The van der Waals surface area contributed by atoms with Crippen LogP contribution in [0.2, 0.25) is 0 Å². The summed E-state index contributed by atoms with van der Waals surface area (Å²) in [5.41, 5.74) is 3.54. The summed E-state index contributed by atoms with van der Waals surface area (Å²) in [4.78, 5) is 3.62. The molecule has 4 aromatic carbocycles. The lowest BCUT2D eigenvalue weighted by atomic mass is 10.1. The quantitative estimate of drug-likeness (QED) is 0.186. The number of aromatic nitrogens is 1. The van der Waals surface area contributed by atoms with Crippen molar-refractivity contribution in [3.63, 3.8) is 0 Å². The van der Waals surface area contributed by atoms with Crippen LogP contribution < -0.4 is 9.47 Å². The smallest absolute Gasteiger partial charge is 0.265 e. The van der Waals surface area contributed by atoms with E-state index < -0.39 is 10.1 Å². The number of thiazole rings is 1. The van der Waals surface area contributed by atoms with Crippen LogP contribution in [0.5, 0.6) is 0 Å². The van der Waals surface area contributed by atoms with Gasteiger partial charge in [0.15, 0.2) is 0 Å². The molecule has 0 bridgehead atoms. The first-order valence-electron chi connectivity index (χ1n) is 11.8. The molecule has 0 saturated carbocycles. The fourth-order valence-electron chi connectivity index (χ4n) is 4.32. The predicted molar refractivity (Wildman–Crippen MR) is 153 cm³/mol. The molecule has 188 valence electrons. The molecule has 0 spiro atoms. The minimum absolute atomic E-state index is 0.178. The molecular weight excluding hydrogens is 521 g/mol. The monoisotopic (exact) mass is 546 g/mol. The van der Waals surface area contributed by atoms with E-state index in [1.807, 2.05) is 30.0 Å². The van der Waals surface area contributed by atoms with Gasteiger partial charge in [0.2, 0.25) is 5.52 Å². The van der Waals surface area contributed by atoms with Crippen LogP contribution in [0, 0.1) is 6.92 Å². The number of fused-ring (bicyclic) bond motifs is 4. The summed E-state index contributed by atoms with van der Waals surface area (Å²) >= 11 is 3.74. The van der Waals surface area contributed by atoms with E-state index in [-0.39, 0.29) is 4.90 Å². The van der Waals surface area contributed by atoms with E-state index >= 15 is 0 Å². The standard InChI is InChI=1S/C22H19N2S2.C7H8O3S/c1-3-24-18-13-12-15-8-4-5-9-16(15)22(18)26-21(24)14-20-23(2)17-10-6-7-11-19(17)25-20;1-6-2-4-7(5-3-6)11(8,9)10/h4-14H,3H2,1-2H3;2-5H,1H3,(H,8,9,10)/q+1;/p-1. The zero-order valence-corrected chi connectivity index (χ0v) is 23.2. The normalized spacial score (nSPS) is 14.2. The summed E-state index contributed by atoms with van der Waals surface area (Å²) in [6.45, 7) is 5.02. The molecule has 6 rings (SSSR count). The first-order valence-corrected chi connectivity index (χ1v) is 14.9. The van der Waals surface area contributed by atoms with Gasteiger partial charge in [0.25, 0.3) is 5.01 Å². The van der Waals surface area contributed by atoms with Gasteiger partial charge in [-0.25, -0.2) is 8.42 Å². The van der Waals surface area contributed by atoms with Crippen LogP contribution in [0.3, 0.4) is 0 Å². The molecule has 1 aliphatic heterocycles. The van der Waals surface area contributed by atoms with Crippen molar-refractivity contribution >= 4 is 66.0 Å². The third kappa shape index (κ3) is 5.15. The van der Waals surface area contributed by atoms with Crippen LogP contribution in [0.25, 0.3) is 27.1 Å². The highest BCUT2D eigenvalue weighted by molar-refractivity contribution is 8.04. The van der Waals surface area contributed by atoms with Crippen molar-refractivity contribution in [1.82, 2.24) is 0 Å². The Labute approximate surface area is 225 Å². The maximum Gasteiger partial charge on any atom is 0.265 e. The van der Waals surface area contributed by atoms with Crippen LogP contribution in [-0.4, -0.2) is 19.5 Å². The lowest BCUT2D eigenvalue weighted by Gasteiger charge is -2.17. The van der Waals surface area contributed by atoms with Crippen LogP contribution in [-0.2, 0) is 17.2 Å². The molecule has 2 heterocycles. The zero-order valence-electron chi connectivity index (χ0n) is 20.7. The van der Waals surface area contributed by atoms with E-state index in [4.69, 9.17) is 0 Å². The van der Waals surface area contributed by atoms with E-state index in [1.165, 1.54) is 53.7 Å². The first kappa shape index (κ1) is 25.5. The largest absolute Gasteiger partial charge is 0.744 e. The molecule has 0 amide bonds. The molecule has 0 radical (unpaired) electrons. The minimum Gasteiger partial charge on any atom is -0.744 e. The summed E-state index contributed by atoms with van der Waals surface area (Å²) in [6.07, 6.45) is 2.34. The predicted octanol–water partition coefficient (Wildman–Crippen LogP) is 6.71. The molecule has 8 heteroatoms. The second kappa shape index (κ2) is 10.3. The average molecular weight is 547 g/mol. The van der Waals surface area contributed by atoms with Gasteiger partial charge >= 0.3 is 0 Å².